The van der Waals surface area contributed by atoms with Crippen LogP contribution in [-0.2, 0) is 0 Å². The van der Waals surface area contributed by atoms with Crippen molar-refractivity contribution in [3.8, 4) is 0 Å². The lowest BCUT2D eigenvalue weighted by Gasteiger charge is -1.96. The van der Waals surface area contributed by atoms with Crippen molar-refractivity contribution < 1.29 is 0 Å². The Kier molecular flexibility index (Phi) is 4.25. The van der Waals surface area contributed by atoms with Crippen LogP contribution in [0.15, 0.2) is 11.5 Å². The molecule has 0 saturated carbocycles. The molecular weight excluding hydrogens is 106 g/mol. The first-order chi connectivity index (χ1) is 3.31. The second kappa shape index (κ2) is 4.22. The third-order valence-electron chi connectivity index (χ3n) is 0.663. The molecular formula is C5H11NS. The molecule has 0 bridgehead atoms. The molecule has 0 unspecified atom stereocenters. The largest absolute Gasteiger partial charge is 0.315 e. The van der Waals surface area contributed by atoms with Crippen molar-refractivity contribution in [1.82, 2.24) is 5.32 Å². The monoisotopic (exact) mass is 117 g/mol. The van der Waals surface area contributed by atoms with Crippen molar-refractivity contribution in [3.63, 3.8) is 0 Å². The van der Waals surface area contributed by atoms with Crippen LogP contribution < -0.4 is 5.32 Å². The Morgan fingerprint density at radius 3 is 2.57 bits per heavy atom. The molecule has 2 heteroatoms. The standard InChI is InChI=1S/C5H11NS/c1-5(7-3)4-6-2/h6H,1,4H2,2-3H3. The molecule has 42 valence electrons. The fourth-order valence-electron chi connectivity index (χ4n) is 0.269. The van der Waals surface area contributed by atoms with E-state index in [1.807, 2.05) is 13.3 Å². The Morgan fingerprint density at radius 1 is 1.86 bits per heavy atom. The van der Waals surface area contributed by atoms with Gasteiger partial charge in [-0.3, -0.25) is 0 Å². The molecule has 0 aromatic carbocycles. The SMILES string of the molecule is C=C(CNC)SC. The quantitative estimate of drug-likeness (QED) is 0.593. The van der Waals surface area contributed by atoms with E-state index in [1.165, 1.54) is 4.91 Å². The van der Waals surface area contributed by atoms with Gasteiger partial charge in [0.15, 0.2) is 0 Å². The van der Waals surface area contributed by atoms with Gasteiger partial charge in [0.05, 0.1) is 0 Å². The molecule has 0 aromatic heterocycles. The Bertz CT molecular complexity index is 61.1. The molecule has 0 atom stereocenters. The number of likely N-dealkylation sites (N-methyl/N-ethyl adjacent to an activating group) is 1. The summed E-state index contributed by atoms with van der Waals surface area (Å²) in [7, 11) is 1.92. The number of hydrogen-bond acceptors (Lipinski definition) is 2. The van der Waals surface area contributed by atoms with Crippen LogP contribution in [0.3, 0.4) is 0 Å². The second-order valence-electron chi connectivity index (χ2n) is 1.27. The summed E-state index contributed by atoms with van der Waals surface area (Å²) in [5.74, 6) is 0. The van der Waals surface area contributed by atoms with E-state index in [-0.39, 0.29) is 0 Å². The number of rotatable bonds is 3. The minimum Gasteiger partial charge on any atom is -0.315 e. The van der Waals surface area contributed by atoms with E-state index < -0.39 is 0 Å². The maximum atomic E-state index is 3.76. The second-order valence-corrected chi connectivity index (χ2v) is 2.26. The van der Waals surface area contributed by atoms with Crippen LogP contribution >= 0.6 is 11.8 Å². The summed E-state index contributed by atoms with van der Waals surface area (Å²) in [6.07, 6.45) is 2.03. The van der Waals surface area contributed by atoms with Crippen LogP contribution in [0.5, 0.6) is 0 Å². The summed E-state index contributed by atoms with van der Waals surface area (Å²) < 4.78 is 0. The number of hydrogen-bond donors (Lipinski definition) is 1. The molecule has 0 fully saturated rings. The molecule has 0 heterocycles. The lowest BCUT2D eigenvalue weighted by Crippen LogP contribution is -2.07. The van der Waals surface area contributed by atoms with Gasteiger partial charge < -0.3 is 5.32 Å². The maximum Gasteiger partial charge on any atom is 0.0256 e. The highest BCUT2D eigenvalue weighted by molar-refractivity contribution is 8.02. The molecule has 7 heavy (non-hydrogen) atoms. The van der Waals surface area contributed by atoms with Gasteiger partial charge in [0.25, 0.3) is 0 Å². The zero-order valence-corrected chi connectivity index (χ0v) is 5.64. The van der Waals surface area contributed by atoms with E-state index in [9.17, 15) is 0 Å². The predicted octanol–water partition coefficient (Wildman–Crippen LogP) is 1.08. The van der Waals surface area contributed by atoms with Crippen LogP contribution in [0.1, 0.15) is 0 Å². The molecule has 1 nitrogen and oxygen atoms in total. The van der Waals surface area contributed by atoms with E-state index in [0.29, 0.717) is 0 Å². The first kappa shape index (κ1) is 7.05. The summed E-state index contributed by atoms with van der Waals surface area (Å²) in [5, 5.41) is 3.00. The van der Waals surface area contributed by atoms with E-state index in [2.05, 4.69) is 11.9 Å². The van der Waals surface area contributed by atoms with E-state index in [0.717, 1.165) is 6.54 Å². The van der Waals surface area contributed by atoms with Gasteiger partial charge in [-0.15, -0.1) is 11.8 Å². The Morgan fingerprint density at radius 2 is 2.43 bits per heavy atom. The zero-order valence-electron chi connectivity index (χ0n) is 4.82. The Hall–Kier alpha value is 0.0500. The van der Waals surface area contributed by atoms with Crippen LogP contribution in [0, 0.1) is 0 Å². The first-order valence-electron chi connectivity index (χ1n) is 2.17. The van der Waals surface area contributed by atoms with Crippen molar-refractivity contribution >= 4 is 11.8 Å². The molecule has 0 aliphatic carbocycles. The Labute approximate surface area is 49.2 Å². The van der Waals surface area contributed by atoms with Gasteiger partial charge in [-0.1, -0.05) is 6.58 Å². The van der Waals surface area contributed by atoms with Crippen molar-refractivity contribution in [2.24, 2.45) is 0 Å². The fraction of sp³-hybridized carbons (Fsp3) is 0.600. The number of nitrogens with one attached hydrogen (secondary N) is 1. The van der Waals surface area contributed by atoms with Crippen molar-refractivity contribution in [3.05, 3.63) is 11.5 Å². The van der Waals surface area contributed by atoms with E-state index >= 15 is 0 Å². The predicted molar refractivity (Wildman–Crippen MR) is 36.6 cm³/mol. The normalized spacial score (nSPS) is 8.86. The van der Waals surface area contributed by atoms with Gasteiger partial charge in [-0.25, -0.2) is 0 Å². The third-order valence-corrected chi connectivity index (χ3v) is 1.38. The minimum absolute atomic E-state index is 0.918. The third kappa shape index (κ3) is 3.89. The maximum absolute atomic E-state index is 3.76. The molecule has 0 radical (unpaired) electrons. The zero-order chi connectivity index (χ0) is 5.70. The number of thioether (sulfide) groups is 1. The molecule has 0 spiro atoms. The van der Waals surface area contributed by atoms with Gasteiger partial charge >= 0.3 is 0 Å². The summed E-state index contributed by atoms with van der Waals surface area (Å²) in [4.78, 5) is 1.18. The summed E-state index contributed by atoms with van der Waals surface area (Å²) in [6.45, 7) is 4.68. The van der Waals surface area contributed by atoms with Gasteiger partial charge in [0.1, 0.15) is 0 Å². The molecule has 0 saturated heterocycles. The molecule has 0 aromatic rings. The van der Waals surface area contributed by atoms with Crippen LogP contribution in [-0.4, -0.2) is 19.8 Å². The van der Waals surface area contributed by atoms with Crippen molar-refractivity contribution in [2.75, 3.05) is 19.8 Å². The summed E-state index contributed by atoms with van der Waals surface area (Å²) in [6, 6.07) is 0. The van der Waals surface area contributed by atoms with E-state index in [4.69, 9.17) is 0 Å². The van der Waals surface area contributed by atoms with Crippen molar-refractivity contribution in [1.29, 1.82) is 0 Å². The fourth-order valence-corrected chi connectivity index (χ4v) is 0.558. The molecule has 0 aliphatic heterocycles. The molecule has 0 aliphatic rings. The lowest BCUT2D eigenvalue weighted by molar-refractivity contribution is 0.913. The topological polar surface area (TPSA) is 12.0 Å². The lowest BCUT2D eigenvalue weighted by atomic mass is 10.6. The minimum atomic E-state index is 0.918. The van der Waals surface area contributed by atoms with E-state index in [1.54, 1.807) is 11.8 Å². The van der Waals surface area contributed by atoms with Gasteiger partial charge in [0, 0.05) is 6.54 Å². The summed E-state index contributed by atoms with van der Waals surface area (Å²) in [5.41, 5.74) is 0. The van der Waals surface area contributed by atoms with Gasteiger partial charge in [0.2, 0.25) is 0 Å². The highest BCUT2D eigenvalue weighted by atomic mass is 32.2. The van der Waals surface area contributed by atoms with Crippen LogP contribution in [0.25, 0.3) is 0 Å². The molecule has 1 N–H and O–H groups in total. The summed E-state index contributed by atoms with van der Waals surface area (Å²) >= 11 is 1.69. The molecule has 0 rings (SSSR count). The van der Waals surface area contributed by atoms with Crippen LogP contribution in [0.4, 0.5) is 0 Å². The highest BCUT2D eigenvalue weighted by Crippen LogP contribution is 2.04. The molecule has 0 amide bonds. The average Bonchev–Trinajstić information content (AvgIpc) is 1.68. The smallest absolute Gasteiger partial charge is 0.0256 e. The van der Waals surface area contributed by atoms with Crippen LogP contribution in [0.2, 0.25) is 0 Å². The first-order valence-corrected chi connectivity index (χ1v) is 3.40. The van der Waals surface area contributed by atoms with Crippen molar-refractivity contribution in [2.45, 2.75) is 0 Å². The van der Waals surface area contributed by atoms with Gasteiger partial charge in [-0.2, -0.15) is 0 Å². The average molecular weight is 117 g/mol. The Balaban J connectivity index is 3.00. The highest BCUT2D eigenvalue weighted by Gasteiger charge is 1.82. The van der Waals surface area contributed by atoms with Gasteiger partial charge in [-0.05, 0) is 18.2 Å².